The van der Waals surface area contributed by atoms with Gasteiger partial charge in [0, 0.05) is 18.8 Å². The highest BCUT2D eigenvalue weighted by molar-refractivity contribution is 5.93. The lowest BCUT2D eigenvalue weighted by atomic mass is 9.80. The van der Waals surface area contributed by atoms with Crippen molar-refractivity contribution in [3.8, 4) is 0 Å². The number of rotatable bonds is 10. The van der Waals surface area contributed by atoms with Crippen LogP contribution in [-0.4, -0.2) is 42.4 Å². The van der Waals surface area contributed by atoms with Gasteiger partial charge in [0.1, 0.15) is 11.4 Å². The molecule has 172 valence electrons. The number of alkyl carbamates (subject to hydrolysis) is 1. The Morgan fingerprint density at radius 1 is 1.00 bits per heavy atom. The first-order chi connectivity index (χ1) is 14.0. The Morgan fingerprint density at radius 2 is 1.60 bits per heavy atom. The van der Waals surface area contributed by atoms with Crippen LogP contribution in [0, 0.1) is 17.8 Å². The van der Waals surface area contributed by atoms with Crippen molar-refractivity contribution in [3.05, 3.63) is 0 Å². The largest absolute Gasteiger partial charge is 0.469 e. The molecular formula is C23H39NO6. The summed E-state index contributed by atoms with van der Waals surface area (Å²) in [6.45, 7) is 8.85. The van der Waals surface area contributed by atoms with Gasteiger partial charge in [0.15, 0.2) is 5.78 Å². The first kappa shape index (κ1) is 26.1. The highest BCUT2D eigenvalue weighted by atomic mass is 16.6. The van der Waals surface area contributed by atoms with Crippen molar-refractivity contribution in [2.24, 2.45) is 17.8 Å². The number of nitrogens with one attached hydrogen (secondary N) is 1. The summed E-state index contributed by atoms with van der Waals surface area (Å²) in [5, 5.41) is 2.77. The van der Waals surface area contributed by atoms with Gasteiger partial charge in [-0.25, -0.2) is 4.79 Å². The standard InChI is InChI=1S/C23H39NO6/c1-7-16(21(27)29-6)14-18(25)15(2)13-19(26)20(17-11-9-8-10-12-17)24-22(28)30-23(3,4)5/h15-17,20H,7-14H2,1-6H3,(H,24,28). The van der Waals surface area contributed by atoms with Crippen LogP contribution >= 0.6 is 0 Å². The van der Waals surface area contributed by atoms with Crippen LogP contribution in [0.15, 0.2) is 0 Å². The zero-order chi connectivity index (χ0) is 22.9. The molecule has 1 rings (SSSR count). The van der Waals surface area contributed by atoms with Crippen molar-refractivity contribution in [1.82, 2.24) is 5.32 Å². The van der Waals surface area contributed by atoms with E-state index < -0.39 is 35.5 Å². The number of carbonyl (C=O) groups is 4. The number of hydrogen-bond acceptors (Lipinski definition) is 6. The van der Waals surface area contributed by atoms with Gasteiger partial charge in [-0.15, -0.1) is 0 Å². The van der Waals surface area contributed by atoms with Gasteiger partial charge >= 0.3 is 12.1 Å². The fraction of sp³-hybridized carbons (Fsp3) is 0.826. The van der Waals surface area contributed by atoms with Crippen LogP contribution in [0.25, 0.3) is 0 Å². The highest BCUT2D eigenvalue weighted by Gasteiger charge is 2.34. The van der Waals surface area contributed by atoms with Gasteiger partial charge in [-0.2, -0.15) is 0 Å². The molecule has 0 aromatic heterocycles. The summed E-state index contributed by atoms with van der Waals surface area (Å²) in [5.74, 6) is -1.66. The number of amides is 1. The van der Waals surface area contributed by atoms with E-state index in [2.05, 4.69) is 5.32 Å². The van der Waals surface area contributed by atoms with Crippen molar-refractivity contribution in [2.75, 3.05) is 7.11 Å². The van der Waals surface area contributed by atoms with Crippen molar-refractivity contribution >= 4 is 23.6 Å². The lowest BCUT2D eigenvalue weighted by molar-refractivity contribution is -0.147. The van der Waals surface area contributed by atoms with E-state index in [9.17, 15) is 19.2 Å². The Morgan fingerprint density at radius 3 is 2.10 bits per heavy atom. The second kappa shape index (κ2) is 12.1. The molecule has 0 bridgehead atoms. The minimum atomic E-state index is -0.656. The van der Waals surface area contributed by atoms with Crippen molar-refractivity contribution in [2.45, 2.75) is 97.6 Å². The number of esters is 1. The van der Waals surface area contributed by atoms with E-state index in [-0.39, 0.29) is 30.3 Å². The van der Waals surface area contributed by atoms with Crippen LogP contribution in [0.2, 0.25) is 0 Å². The molecule has 1 saturated carbocycles. The predicted octanol–water partition coefficient (Wildman–Crippen LogP) is 4.21. The molecule has 30 heavy (non-hydrogen) atoms. The quantitative estimate of drug-likeness (QED) is 0.526. The molecule has 1 aliphatic rings. The second-order valence-electron chi connectivity index (χ2n) is 9.39. The molecule has 0 spiro atoms. The summed E-state index contributed by atoms with van der Waals surface area (Å²) in [6, 6.07) is -0.655. The first-order valence-electron chi connectivity index (χ1n) is 11.1. The van der Waals surface area contributed by atoms with Crippen LogP contribution in [0.1, 0.15) is 86.0 Å². The molecule has 3 unspecified atom stereocenters. The highest BCUT2D eigenvalue weighted by Crippen LogP contribution is 2.28. The van der Waals surface area contributed by atoms with Crippen molar-refractivity contribution in [1.29, 1.82) is 0 Å². The molecular weight excluding hydrogens is 386 g/mol. The van der Waals surface area contributed by atoms with Crippen LogP contribution in [-0.2, 0) is 23.9 Å². The molecule has 0 heterocycles. The fourth-order valence-corrected chi connectivity index (χ4v) is 3.91. The fourth-order valence-electron chi connectivity index (χ4n) is 3.91. The summed E-state index contributed by atoms with van der Waals surface area (Å²) in [7, 11) is 1.31. The third kappa shape index (κ3) is 8.84. The van der Waals surface area contributed by atoms with Crippen LogP contribution in [0.5, 0.6) is 0 Å². The van der Waals surface area contributed by atoms with Gasteiger partial charge in [0.2, 0.25) is 0 Å². The molecule has 0 saturated heterocycles. The lowest BCUT2D eigenvalue weighted by Gasteiger charge is -2.31. The molecule has 7 nitrogen and oxygen atoms in total. The molecule has 0 aliphatic heterocycles. The molecule has 0 aromatic carbocycles. The van der Waals surface area contributed by atoms with E-state index in [1.54, 1.807) is 27.7 Å². The summed E-state index contributed by atoms with van der Waals surface area (Å²) < 4.78 is 10.1. The number of Topliss-reactive ketones (excluding diaryl/α,β-unsaturated/α-hetero) is 2. The molecule has 1 N–H and O–H groups in total. The molecule has 1 aliphatic carbocycles. The zero-order valence-corrected chi connectivity index (χ0v) is 19.4. The maximum Gasteiger partial charge on any atom is 0.408 e. The zero-order valence-electron chi connectivity index (χ0n) is 19.4. The van der Waals surface area contributed by atoms with Crippen LogP contribution < -0.4 is 5.32 Å². The summed E-state index contributed by atoms with van der Waals surface area (Å²) in [5.41, 5.74) is -0.656. The van der Waals surface area contributed by atoms with Crippen molar-refractivity contribution < 1.29 is 28.7 Å². The molecule has 0 aromatic rings. The maximum atomic E-state index is 13.1. The third-order valence-corrected chi connectivity index (χ3v) is 5.67. The Bertz CT molecular complexity index is 603. The average molecular weight is 426 g/mol. The Balaban J connectivity index is 2.81. The smallest absolute Gasteiger partial charge is 0.408 e. The minimum absolute atomic E-state index is 0.0351. The third-order valence-electron chi connectivity index (χ3n) is 5.67. The second-order valence-corrected chi connectivity index (χ2v) is 9.39. The van der Waals surface area contributed by atoms with E-state index in [1.807, 2.05) is 6.92 Å². The van der Waals surface area contributed by atoms with Crippen LogP contribution in [0.3, 0.4) is 0 Å². The van der Waals surface area contributed by atoms with E-state index in [0.29, 0.717) is 6.42 Å². The normalized spacial score (nSPS) is 18.1. The minimum Gasteiger partial charge on any atom is -0.469 e. The first-order valence-corrected chi connectivity index (χ1v) is 11.1. The van der Waals surface area contributed by atoms with E-state index in [0.717, 1.165) is 32.1 Å². The van der Waals surface area contributed by atoms with Crippen molar-refractivity contribution in [3.63, 3.8) is 0 Å². The summed E-state index contributed by atoms with van der Waals surface area (Å²) in [6.07, 6.45) is 4.91. The average Bonchev–Trinajstić information content (AvgIpc) is 2.68. The van der Waals surface area contributed by atoms with E-state index in [1.165, 1.54) is 7.11 Å². The van der Waals surface area contributed by atoms with E-state index in [4.69, 9.17) is 9.47 Å². The number of carbonyl (C=O) groups excluding carboxylic acids is 4. The lowest BCUT2D eigenvalue weighted by Crippen LogP contribution is -2.48. The molecule has 0 radical (unpaired) electrons. The van der Waals surface area contributed by atoms with Gasteiger partial charge in [-0.05, 0) is 46.0 Å². The molecule has 1 fully saturated rings. The summed E-state index contributed by atoms with van der Waals surface area (Å²) in [4.78, 5) is 49.8. The Hall–Kier alpha value is -1.92. The molecule has 1 amide bonds. The van der Waals surface area contributed by atoms with Gasteiger partial charge in [0.05, 0.1) is 19.1 Å². The Labute approximate surface area is 180 Å². The number of hydrogen-bond donors (Lipinski definition) is 1. The SMILES string of the molecule is CCC(CC(=O)C(C)CC(=O)C(NC(=O)OC(C)(C)C)C1CCCCC1)C(=O)OC. The number of ether oxygens (including phenoxy) is 2. The number of methoxy groups -OCH3 is 1. The van der Waals surface area contributed by atoms with Gasteiger partial charge in [-0.1, -0.05) is 33.1 Å². The van der Waals surface area contributed by atoms with Crippen LogP contribution in [0.4, 0.5) is 4.79 Å². The monoisotopic (exact) mass is 425 g/mol. The van der Waals surface area contributed by atoms with Gasteiger partial charge in [-0.3, -0.25) is 14.4 Å². The Kier molecular flexibility index (Phi) is 10.5. The molecule has 3 atom stereocenters. The summed E-state index contributed by atoms with van der Waals surface area (Å²) >= 11 is 0. The maximum absolute atomic E-state index is 13.1. The number of ketones is 2. The topological polar surface area (TPSA) is 98.8 Å². The van der Waals surface area contributed by atoms with Gasteiger partial charge in [0.25, 0.3) is 0 Å². The predicted molar refractivity (Wildman–Crippen MR) is 114 cm³/mol. The van der Waals surface area contributed by atoms with Gasteiger partial charge < -0.3 is 14.8 Å². The van der Waals surface area contributed by atoms with E-state index >= 15 is 0 Å². The molecule has 7 heteroatoms.